The Balaban J connectivity index is 2.86. The number of hydrogen-bond donors (Lipinski definition) is 0. The molecule has 1 heterocycles. The van der Waals surface area contributed by atoms with Crippen LogP contribution in [0.2, 0.25) is 0 Å². The maximum absolute atomic E-state index is 12.2. The largest absolute Gasteiger partial charge is 0.445 e. The van der Waals surface area contributed by atoms with Crippen molar-refractivity contribution in [3.8, 4) is 0 Å². The lowest BCUT2D eigenvalue weighted by molar-refractivity contribution is -0.138. The van der Waals surface area contributed by atoms with Gasteiger partial charge in [-0.3, -0.25) is 0 Å². The molecule has 0 amide bonds. The van der Waals surface area contributed by atoms with Crippen LogP contribution in [0.25, 0.3) is 0 Å². The first-order valence-corrected chi connectivity index (χ1v) is 6.74. The molecule has 18 heavy (non-hydrogen) atoms. The average molecular weight is 308 g/mol. The number of halogens is 5. The summed E-state index contributed by atoms with van der Waals surface area (Å²) in [7, 11) is -4.13. The summed E-state index contributed by atoms with van der Waals surface area (Å²) < 4.78 is 81.8. The van der Waals surface area contributed by atoms with Crippen molar-refractivity contribution in [2.75, 3.05) is 5.75 Å². The monoisotopic (exact) mass is 308 g/mol. The minimum atomic E-state index is -4.78. The molecule has 0 N–H and O–H groups in total. The van der Waals surface area contributed by atoms with Gasteiger partial charge in [-0.15, -0.1) is 10.2 Å². The summed E-state index contributed by atoms with van der Waals surface area (Å²) in [5.74, 6) is -0.753. The lowest BCUT2D eigenvalue weighted by Gasteiger charge is -1.98. The van der Waals surface area contributed by atoms with Gasteiger partial charge < -0.3 is 0 Å². The molecule has 1 rings (SSSR count). The van der Waals surface area contributed by atoms with E-state index in [4.69, 9.17) is 0 Å². The summed E-state index contributed by atoms with van der Waals surface area (Å²) in [5.41, 5.74) is 0. The first-order valence-electron chi connectivity index (χ1n) is 4.27. The predicted molar refractivity (Wildman–Crippen MR) is 51.9 cm³/mol. The highest BCUT2D eigenvalue weighted by molar-refractivity contribution is 7.93. The number of alkyl halides is 3. The Kier molecular flexibility index (Phi) is 4.37. The molecule has 0 aromatic carbocycles. The van der Waals surface area contributed by atoms with Crippen molar-refractivity contribution in [3.05, 3.63) is 17.2 Å². The van der Waals surface area contributed by atoms with Gasteiger partial charge in [0.2, 0.25) is 19.2 Å². The molecule has 1 aromatic heterocycles. The van der Waals surface area contributed by atoms with E-state index in [0.717, 1.165) is 0 Å². The van der Waals surface area contributed by atoms with Crippen LogP contribution in [0.1, 0.15) is 11.4 Å². The van der Waals surface area contributed by atoms with Crippen LogP contribution in [0.4, 0.5) is 22.0 Å². The molecule has 0 radical (unpaired) electrons. The van der Waals surface area contributed by atoms with Crippen molar-refractivity contribution < 1.29 is 30.4 Å². The fourth-order valence-electron chi connectivity index (χ4n) is 0.861. The minimum Gasteiger partial charge on any atom is -0.221 e. The molecule has 0 fully saturated rings. The molecule has 0 bridgehead atoms. The molecule has 0 aliphatic rings. The number of rotatable bonds is 4. The fraction of sp³-hybridized carbons (Fsp3) is 0.429. The number of aromatic nitrogens is 2. The Morgan fingerprint density at radius 1 is 1.28 bits per heavy atom. The first-order chi connectivity index (χ1) is 8.13. The zero-order chi connectivity index (χ0) is 14.0. The third kappa shape index (κ3) is 3.98. The van der Waals surface area contributed by atoms with Gasteiger partial charge in [0.15, 0.2) is 0 Å². The normalized spacial score (nSPS) is 12.5. The van der Waals surface area contributed by atoms with Gasteiger partial charge in [0.25, 0.3) is 6.08 Å². The second-order valence-electron chi connectivity index (χ2n) is 2.97. The maximum atomic E-state index is 12.2. The van der Waals surface area contributed by atoms with E-state index < -0.39 is 43.6 Å². The molecule has 0 aliphatic carbocycles. The van der Waals surface area contributed by atoms with E-state index in [1.807, 2.05) is 0 Å². The third-order valence-electron chi connectivity index (χ3n) is 1.60. The number of hydrogen-bond acceptors (Lipinski definition) is 5. The highest BCUT2D eigenvalue weighted by Crippen LogP contribution is 2.33. The van der Waals surface area contributed by atoms with Crippen LogP contribution in [-0.4, -0.2) is 24.4 Å². The Hall–Kier alpha value is -1.10. The maximum Gasteiger partial charge on any atom is 0.445 e. The Morgan fingerprint density at radius 3 is 2.33 bits per heavy atom. The third-order valence-corrected chi connectivity index (χ3v) is 4.76. The van der Waals surface area contributed by atoms with E-state index in [1.54, 1.807) is 0 Å². The van der Waals surface area contributed by atoms with Crippen molar-refractivity contribution in [1.82, 2.24) is 10.2 Å². The van der Waals surface area contributed by atoms with Crippen molar-refractivity contribution >= 4 is 21.2 Å². The van der Waals surface area contributed by atoms with Crippen LogP contribution in [0.15, 0.2) is 16.5 Å². The Bertz CT molecular complexity index is 544. The number of nitrogens with zero attached hydrogens (tertiary/aromatic N) is 2. The Morgan fingerprint density at radius 2 is 1.89 bits per heavy atom. The zero-order valence-electron chi connectivity index (χ0n) is 8.41. The van der Waals surface area contributed by atoms with Crippen molar-refractivity contribution in [2.45, 2.75) is 16.9 Å². The van der Waals surface area contributed by atoms with Gasteiger partial charge in [-0.25, -0.2) is 8.42 Å². The van der Waals surface area contributed by atoms with Gasteiger partial charge in [-0.05, 0) is 12.5 Å². The zero-order valence-corrected chi connectivity index (χ0v) is 10.0. The highest BCUT2D eigenvalue weighted by atomic mass is 32.2. The van der Waals surface area contributed by atoms with Gasteiger partial charge in [0, 0.05) is 0 Å². The van der Waals surface area contributed by atoms with E-state index in [0.29, 0.717) is 6.08 Å². The summed E-state index contributed by atoms with van der Waals surface area (Å²) in [5, 5.41) is 4.21. The highest BCUT2D eigenvalue weighted by Gasteiger charge is 2.37. The molecule has 0 spiro atoms. The summed E-state index contributed by atoms with van der Waals surface area (Å²) in [6, 6.07) is 0. The fourth-order valence-corrected chi connectivity index (χ4v) is 3.07. The summed E-state index contributed by atoms with van der Waals surface area (Å²) in [6.07, 6.45) is -6.98. The molecule has 102 valence electrons. The van der Waals surface area contributed by atoms with Crippen LogP contribution in [0, 0.1) is 0 Å². The quantitative estimate of drug-likeness (QED) is 0.802. The van der Waals surface area contributed by atoms with Crippen molar-refractivity contribution in [1.29, 1.82) is 0 Å². The second-order valence-corrected chi connectivity index (χ2v) is 6.23. The average Bonchev–Trinajstić information content (AvgIpc) is 2.64. The smallest absolute Gasteiger partial charge is 0.221 e. The Labute approximate surface area is 102 Å². The van der Waals surface area contributed by atoms with Gasteiger partial charge in [0.1, 0.15) is 0 Å². The van der Waals surface area contributed by atoms with Crippen molar-refractivity contribution in [3.63, 3.8) is 0 Å². The first kappa shape index (κ1) is 15.0. The molecular formula is C7H5F5N2O2S2. The molecule has 0 unspecified atom stereocenters. The lowest BCUT2D eigenvalue weighted by atomic mass is 10.5. The van der Waals surface area contributed by atoms with E-state index >= 15 is 0 Å². The van der Waals surface area contributed by atoms with Crippen LogP contribution >= 0.6 is 11.3 Å². The summed E-state index contributed by atoms with van der Waals surface area (Å²) in [4.78, 5) is 0. The van der Waals surface area contributed by atoms with Gasteiger partial charge in [-0.2, -0.15) is 22.0 Å². The summed E-state index contributed by atoms with van der Waals surface area (Å²) in [6.45, 7) is 0. The molecule has 4 nitrogen and oxygen atoms in total. The molecule has 0 saturated carbocycles. The number of allylic oxidation sites excluding steroid dienone is 1. The molecule has 1 aromatic rings. The van der Waals surface area contributed by atoms with Crippen LogP contribution in [0.3, 0.4) is 0 Å². The van der Waals surface area contributed by atoms with Crippen LogP contribution in [0.5, 0.6) is 0 Å². The molecule has 11 heteroatoms. The molecule has 0 atom stereocenters. The SMILES string of the molecule is O=S(=O)(CCC=C(F)F)c1nnc(C(F)(F)F)s1. The van der Waals surface area contributed by atoms with Gasteiger partial charge in [0.05, 0.1) is 5.75 Å². The van der Waals surface area contributed by atoms with Gasteiger partial charge >= 0.3 is 6.18 Å². The standard InChI is InChI=1S/C7H5F5N2O2S2/c8-4(9)2-1-3-18(15,16)6-14-13-5(17-6)7(10,11)12/h2H,1,3H2. The van der Waals surface area contributed by atoms with E-state index in [2.05, 4.69) is 10.2 Å². The van der Waals surface area contributed by atoms with Crippen molar-refractivity contribution in [2.24, 2.45) is 0 Å². The topological polar surface area (TPSA) is 59.9 Å². The predicted octanol–water partition coefficient (Wildman–Crippen LogP) is 2.50. The van der Waals surface area contributed by atoms with E-state index in [-0.39, 0.29) is 11.3 Å². The molecule has 0 saturated heterocycles. The van der Waals surface area contributed by atoms with Crippen LogP contribution < -0.4 is 0 Å². The lowest BCUT2D eigenvalue weighted by Crippen LogP contribution is -2.05. The van der Waals surface area contributed by atoms with E-state index in [1.165, 1.54) is 0 Å². The number of sulfone groups is 1. The van der Waals surface area contributed by atoms with Crippen LogP contribution in [-0.2, 0) is 16.0 Å². The molecular weight excluding hydrogens is 303 g/mol. The minimum absolute atomic E-state index is 0.138. The van der Waals surface area contributed by atoms with E-state index in [9.17, 15) is 30.4 Å². The summed E-state index contributed by atoms with van der Waals surface area (Å²) >= 11 is -0.138. The van der Waals surface area contributed by atoms with Gasteiger partial charge in [-0.1, -0.05) is 11.3 Å². The second kappa shape index (κ2) is 5.26. The molecule has 0 aliphatic heterocycles.